The molecule has 0 amide bonds. The molecular weight excluding hydrogens is 400 g/mol. The van der Waals surface area contributed by atoms with Gasteiger partial charge in [-0.05, 0) is 22.7 Å². The van der Waals surface area contributed by atoms with Crippen LogP contribution in [0.2, 0.25) is 5.04 Å². The molecule has 0 N–H and O–H groups in total. The largest absolute Gasteiger partial charge is 0.376 e. The monoisotopic (exact) mass is 423 g/mol. The highest BCUT2D eigenvalue weighted by molar-refractivity contribution is 9.10. The van der Waals surface area contributed by atoms with Crippen LogP contribution in [0.15, 0.2) is 89.4 Å². The Hall–Kier alpha value is -1.68. The van der Waals surface area contributed by atoms with Gasteiger partial charge < -0.3 is 4.74 Å². The topological polar surface area (TPSA) is 9.23 Å². The van der Waals surface area contributed by atoms with Crippen LogP contribution in [0.5, 0.6) is 0 Å². The second kappa shape index (κ2) is 8.80. The maximum absolute atomic E-state index is 6.17. The molecule has 0 saturated heterocycles. The molecule has 1 radical (unpaired) electrons. The van der Waals surface area contributed by atoms with Crippen LogP contribution in [0, 0.1) is 0 Å². The SMILES string of the molecule is CC(C)(COCc1cccc(Br)c1)[Si](c1ccccc1)c1ccccc1. The number of halogens is 1. The third-order valence-electron chi connectivity index (χ3n) is 4.42. The molecule has 3 aromatic rings. The van der Waals surface area contributed by atoms with Crippen molar-refractivity contribution < 1.29 is 4.74 Å². The summed E-state index contributed by atoms with van der Waals surface area (Å²) < 4.78 is 7.26. The van der Waals surface area contributed by atoms with Crippen LogP contribution in [-0.4, -0.2) is 15.4 Å². The van der Waals surface area contributed by atoms with Gasteiger partial charge in [0, 0.05) is 4.47 Å². The predicted octanol–water partition coefficient (Wildman–Crippen LogP) is 5.06. The molecule has 0 aliphatic heterocycles. The van der Waals surface area contributed by atoms with E-state index in [2.05, 4.69) is 109 Å². The first-order valence-corrected chi connectivity index (χ1v) is 11.2. The van der Waals surface area contributed by atoms with Gasteiger partial charge in [0.2, 0.25) is 0 Å². The zero-order chi connectivity index (χ0) is 18.4. The van der Waals surface area contributed by atoms with Crippen LogP contribution in [0.3, 0.4) is 0 Å². The summed E-state index contributed by atoms with van der Waals surface area (Å²) in [7, 11) is -0.972. The van der Waals surface area contributed by atoms with E-state index in [9.17, 15) is 0 Å². The first-order valence-electron chi connectivity index (χ1n) is 8.87. The molecule has 3 aromatic carbocycles. The van der Waals surface area contributed by atoms with Crippen molar-refractivity contribution in [3.05, 3.63) is 95.0 Å². The van der Waals surface area contributed by atoms with E-state index < -0.39 is 8.80 Å². The Morgan fingerprint density at radius 2 is 1.38 bits per heavy atom. The number of ether oxygens (including phenoxy) is 1. The minimum Gasteiger partial charge on any atom is -0.376 e. The molecule has 3 heteroatoms. The Morgan fingerprint density at radius 1 is 0.808 bits per heavy atom. The average molecular weight is 424 g/mol. The molecular formula is C23H24BrOSi. The molecule has 26 heavy (non-hydrogen) atoms. The number of benzene rings is 3. The van der Waals surface area contributed by atoms with Gasteiger partial charge in [0.05, 0.1) is 13.2 Å². The summed E-state index contributed by atoms with van der Waals surface area (Å²) in [6, 6.07) is 30.1. The molecule has 0 aromatic heterocycles. The number of hydrogen-bond acceptors (Lipinski definition) is 1. The van der Waals surface area contributed by atoms with Crippen molar-refractivity contribution in [1.29, 1.82) is 0 Å². The van der Waals surface area contributed by atoms with Crippen LogP contribution < -0.4 is 10.4 Å². The van der Waals surface area contributed by atoms with Crippen LogP contribution >= 0.6 is 15.9 Å². The molecule has 0 aliphatic rings. The standard InChI is InChI=1S/C23H24BrOSi/c1-23(2,18-25-17-19-10-9-11-20(24)16-19)26(21-12-5-3-6-13-21)22-14-7-4-8-15-22/h3-16H,17-18H2,1-2H3. The maximum Gasteiger partial charge on any atom is 0.129 e. The van der Waals surface area contributed by atoms with Crippen LogP contribution in [0.25, 0.3) is 0 Å². The van der Waals surface area contributed by atoms with Crippen molar-refractivity contribution >= 4 is 35.1 Å². The summed E-state index contributed by atoms with van der Waals surface area (Å²) in [6.45, 7) is 6.05. The van der Waals surface area contributed by atoms with Crippen LogP contribution in [-0.2, 0) is 11.3 Å². The van der Waals surface area contributed by atoms with Gasteiger partial charge in [-0.25, -0.2) is 0 Å². The van der Waals surface area contributed by atoms with E-state index in [1.165, 1.54) is 15.9 Å². The summed E-state index contributed by atoms with van der Waals surface area (Å²) in [4.78, 5) is 0. The molecule has 3 rings (SSSR count). The zero-order valence-electron chi connectivity index (χ0n) is 15.3. The Morgan fingerprint density at radius 3 is 1.92 bits per heavy atom. The van der Waals surface area contributed by atoms with Gasteiger partial charge >= 0.3 is 0 Å². The highest BCUT2D eigenvalue weighted by Gasteiger charge is 2.34. The lowest BCUT2D eigenvalue weighted by Crippen LogP contribution is -2.51. The van der Waals surface area contributed by atoms with Crippen molar-refractivity contribution in [3.8, 4) is 0 Å². The predicted molar refractivity (Wildman–Crippen MR) is 116 cm³/mol. The Kier molecular flexibility index (Phi) is 6.46. The molecule has 0 heterocycles. The Labute approximate surface area is 166 Å². The van der Waals surface area contributed by atoms with E-state index in [-0.39, 0.29) is 5.04 Å². The third-order valence-corrected chi connectivity index (χ3v) is 8.23. The fourth-order valence-electron chi connectivity index (χ4n) is 3.28. The molecule has 1 nitrogen and oxygen atoms in total. The summed E-state index contributed by atoms with van der Waals surface area (Å²) >= 11 is 3.53. The molecule has 0 fully saturated rings. The second-order valence-electron chi connectivity index (χ2n) is 7.11. The first kappa shape index (κ1) is 19.1. The average Bonchev–Trinajstić information content (AvgIpc) is 2.63. The van der Waals surface area contributed by atoms with Crippen molar-refractivity contribution in [2.24, 2.45) is 0 Å². The fourth-order valence-corrected chi connectivity index (χ4v) is 6.92. The van der Waals surface area contributed by atoms with Gasteiger partial charge in [0.1, 0.15) is 8.80 Å². The smallest absolute Gasteiger partial charge is 0.129 e. The van der Waals surface area contributed by atoms with E-state index in [0.717, 1.165) is 11.1 Å². The third kappa shape index (κ3) is 4.94. The van der Waals surface area contributed by atoms with E-state index in [0.29, 0.717) is 6.61 Å². The van der Waals surface area contributed by atoms with Crippen LogP contribution in [0.1, 0.15) is 19.4 Å². The second-order valence-corrected chi connectivity index (χ2v) is 11.3. The van der Waals surface area contributed by atoms with E-state index in [1.807, 2.05) is 6.07 Å². The molecule has 0 unspecified atom stereocenters. The van der Waals surface area contributed by atoms with Crippen molar-refractivity contribution in [2.75, 3.05) is 6.61 Å². The van der Waals surface area contributed by atoms with Crippen molar-refractivity contribution in [3.63, 3.8) is 0 Å². The molecule has 133 valence electrons. The lowest BCUT2D eigenvalue weighted by molar-refractivity contribution is 0.101. The molecule has 0 aliphatic carbocycles. The van der Waals surface area contributed by atoms with Gasteiger partial charge in [0.15, 0.2) is 0 Å². The summed E-state index contributed by atoms with van der Waals surface area (Å²) in [5.74, 6) is 0. The quantitative estimate of drug-likeness (QED) is 0.482. The van der Waals surface area contributed by atoms with E-state index in [4.69, 9.17) is 4.74 Å². The highest BCUT2D eigenvalue weighted by Crippen LogP contribution is 2.29. The first-order chi connectivity index (χ1) is 12.6. The lowest BCUT2D eigenvalue weighted by atomic mass is 10.2. The highest BCUT2D eigenvalue weighted by atomic mass is 79.9. The van der Waals surface area contributed by atoms with Crippen molar-refractivity contribution in [1.82, 2.24) is 0 Å². The number of hydrogen-bond donors (Lipinski definition) is 0. The van der Waals surface area contributed by atoms with E-state index in [1.54, 1.807) is 0 Å². The minimum atomic E-state index is -0.972. The summed E-state index contributed by atoms with van der Waals surface area (Å²) in [5, 5.41) is 2.93. The fraction of sp³-hybridized carbons (Fsp3) is 0.217. The molecule has 0 spiro atoms. The molecule has 0 bridgehead atoms. The van der Waals surface area contributed by atoms with Gasteiger partial charge in [-0.15, -0.1) is 0 Å². The number of rotatable bonds is 7. The summed E-state index contributed by atoms with van der Waals surface area (Å²) in [6.07, 6.45) is 0. The van der Waals surface area contributed by atoms with Gasteiger partial charge in [-0.3, -0.25) is 0 Å². The van der Waals surface area contributed by atoms with Gasteiger partial charge in [-0.2, -0.15) is 0 Å². The normalized spacial score (nSPS) is 11.7. The van der Waals surface area contributed by atoms with E-state index >= 15 is 0 Å². The minimum absolute atomic E-state index is 0.0688. The Bertz CT molecular complexity index is 778. The lowest BCUT2D eigenvalue weighted by Gasteiger charge is -2.33. The summed E-state index contributed by atoms with van der Waals surface area (Å²) in [5.41, 5.74) is 1.20. The molecule has 0 saturated carbocycles. The molecule has 0 atom stereocenters. The van der Waals surface area contributed by atoms with Gasteiger partial charge in [0.25, 0.3) is 0 Å². The van der Waals surface area contributed by atoms with Crippen molar-refractivity contribution in [2.45, 2.75) is 25.5 Å². The van der Waals surface area contributed by atoms with Crippen LogP contribution in [0.4, 0.5) is 0 Å². The Balaban J connectivity index is 1.78. The maximum atomic E-state index is 6.17. The van der Waals surface area contributed by atoms with Gasteiger partial charge in [-0.1, -0.05) is 113 Å². The zero-order valence-corrected chi connectivity index (χ0v) is 17.9.